The topological polar surface area (TPSA) is 84.9 Å². The molecule has 1 atom stereocenters. The van der Waals surface area contributed by atoms with Crippen LogP contribution in [0.5, 0.6) is 5.75 Å². The van der Waals surface area contributed by atoms with Crippen LogP contribution in [-0.4, -0.2) is 39.8 Å². The number of methoxy groups -OCH3 is 1. The van der Waals surface area contributed by atoms with Crippen molar-refractivity contribution in [2.24, 2.45) is 0 Å². The summed E-state index contributed by atoms with van der Waals surface area (Å²) in [5, 5.41) is 9.38. The first kappa shape index (κ1) is 16.9. The zero-order chi connectivity index (χ0) is 15.0. The predicted molar refractivity (Wildman–Crippen MR) is 75.9 cm³/mol. The van der Waals surface area contributed by atoms with E-state index in [1.807, 2.05) is 0 Å². The van der Waals surface area contributed by atoms with Crippen LogP contribution < -0.4 is 4.72 Å². The summed E-state index contributed by atoms with van der Waals surface area (Å²) in [6.45, 7) is 2.22. The van der Waals surface area contributed by atoms with Gasteiger partial charge in [-0.3, -0.25) is 0 Å². The van der Waals surface area contributed by atoms with E-state index in [1.54, 1.807) is 19.1 Å². The molecule has 20 heavy (non-hydrogen) atoms. The maximum Gasteiger partial charge on any atom is 0.212 e. The van der Waals surface area contributed by atoms with Crippen molar-refractivity contribution in [2.45, 2.75) is 19.4 Å². The number of hydrogen-bond acceptors (Lipinski definition) is 5. The summed E-state index contributed by atoms with van der Waals surface area (Å²) in [6, 6.07) is 6.11. The van der Waals surface area contributed by atoms with Crippen LogP contribution in [0.15, 0.2) is 24.3 Å². The minimum Gasteiger partial charge on any atom is -0.508 e. The van der Waals surface area contributed by atoms with Gasteiger partial charge in [0, 0.05) is 13.2 Å². The Morgan fingerprint density at radius 2 is 2.15 bits per heavy atom. The summed E-state index contributed by atoms with van der Waals surface area (Å²) in [6.07, 6.45) is 0.394. The van der Waals surface area contributed by atoms with Crippen molar-refractivity contribution in [2.75, 3.05) is 26.3 Å². The van der Waals surface area contributed by atoms with Crippen molar-refractivity contribution < 1.29 is 23.0 Å². The van der Waals surface area contributed by atoms with Gasteiger partial charge in [-0.05, 0) is 31.0 Å². The van der Waals surface area contributed by atoms with Gasteiger partial charge in [0.05, 0.1) is 12.4 Å². The third-order valence-corrected chi connectivity index (χ3v) is 4.17. The number of nitrogens with one attached hydrogen (secondary N) is 1. The zero-order valence-corrected chi connectivity index (χ0v) is 12.5. The lowest BCUT2D eigenvalue weighted by Crippen LogP contribution is -2.29. The van der Waals surface area contributed by atoms with Gasteiger partial charge >= 0.3 is 0 Å². The molecule has 0 aromatic heterocycles. The van der Waals surface area contributed by atoms with Gasteiger partial charge in [0.15, 0.2) is 0 Å². The molecule has 114 valence electrons. The van der Waals surface area contributed by atoms with E-state index in [9.17, 15) is 13.5 Å². The molecule has 1 aromatic rings. The second-order valence-electron chi connectivity index (χ2n) is 4.42. The van der Waals surface area contributed by atoms with Gasteiger partial charge in [0.1, 0.15) is 12.5 Å². The maximum absolute atomic E-state index is 11.9. The lowest BCUT2D eigenvalue weighted by Gasteiger charge is -2.14. The molecular formula is C13H21NO5S. The number of sulfonamides is 1. The Hall–Kier alpha value is -1.15. The van der Waals surface area contributed by atoms with E-state index in [-0.39, 0.29) is 18.3 Å². The molecule has 0 unspecified atom stereocenters. The van der Waals surface area contributed by atoms with Gasteiger partial charge in [-0.25, -0.2) is 13.1 Å². The van der Waals surface area contributed by atoms with E-state index in [4.69, 9.17) is 9.47 Å². The highest BCUT2D eigenvalue weighted by Crippen LogP contribution is 2.18. The monoisotopic (exact) mass is 303 g/mol. The summed E-state index contributed by atoms with van der Waals surface area (Å²) in [5.74, 6) is 0.0985. The fourth-order valence-electron chi connectivity index (χ4n) is 1.68. The van der Waals surface area contributed by atoms with Crippen LogP contribution in [0, 0.1) is 0 Å². The van der Waals surface area contributed by atoms with E-state index in [1.165, 1.54) is 19.2 Å². The smallest absolute Gasteiger partial charge is 0.212 e. The Morgan fingerprint density at radius 1 is 1.40 bits per heavy atom. The van der Waals surface area contributed by atoms with Crippen molar-refractivity contribution >= 4 is 10.0 Å². The highest BCUT2D eigenvalue weighted by atomic mass is 32.2. The number of phenols is 1. The fraction of sp³-hybridized carbons (Fsp3) is 0.538. The highest BCUT2D eigenvalue weighted by Gasteiger charge is 2.15. The predicted octanol–water partition coefficient (Wildman–Crippen LogP) is 1.38. The van der Waals surface area contributed by atoms with Crippen LogP contribution in [0.2, 0.25) is 0 Å². The average molecular weight is 303 g/mol. The van der Waals surface area contributed by atoms with Gasteiger partial charge in [-0.2, -0.15) is 0 Å². The van der Waals surface area contributed by atoms with Crippen molar-refractivity contribution in [1.29, 1.82) is 0 Å². The van der Waals surface area contributed by atoms with Gasteiger partial charge < -0.3 is 14.6 Å². The molecule has 0 heterocycles. The van der Waals surface area contributed by atoms with Crippen LogP contribution in [0.1, 0.15) is 24.9 Å². The number of rotatable bonds is 9. The standard InChI is InChI=1S/C13H21NO5S/c1-11(12-5-3-6-13(15)9-12)14-20(16,17)8-4-7-19-10-18-2/h3,5-6,9,11,14-15H,4,7-8,10H2,1-2H3/t11-/m1/s1. The Labute approximate surface area is 119 Å². The highest BCUT2D eigenvalue weighted by molar-refractivity contribution is 7.89. The zero-order valence-electron chi connectivity index (χ0n) is 11.7. The Balaban J connectivity index is 2.45. The Kier molecular flexibility index (Phi) is 6.94. The molecule has 7 heteroatoms. The van der Waals surface area contributed by atoms with Crippen LogP contribution in [0.3, 0.4) is 0 Å². The SMILES string of the molecule is COCOCCCS(=O)(=O)N[C@H](C)c1cccc(O)c1. The first-order valence-corrected chi connectivity index (χ1v) is 7.95. The summed E-state index contributed by atoms with van der Waals surface area (Å²) in [4.78, 5) is 0. The third-order valence-electron chi connectivity index (χ3n) is 2.63. The Morgan fingerprint density at radius 3 is 2.80 bits per heavy atom. The first-order valence-electron chi connectivity index (χ1n) is 6.30. The molecule has 0 aliphatic heterocycles. The molecule has 2 N–H and O–H groups in total. The summed E-state index contributed by atoms with van der Waals surface area (Å²) < 4.78 is 36.0. The first-order chi connectivity index (χ1) is 9.44. The van der Waals surface area contributed by atoms with Crippen molar-refractivity contribution in [3.05, 3.63) is 29.8 Å². The summed E-state index contributed by atoms with van der Waals surface area (Å²) in [5.41, 5.74) is 0.712. The molecule has 0 aliphatic carbocycles. The van der Waals surface area contributed by atoms with E-state index in [2.05, 4.69) is 4.72 Å². The minimum absolute atomic E-state index is 0.0140. The van der Waals surface area contributed by atoms with E-state index in [0.717, 1.165) is 0 Å². The molecule has 0 fully saturated rings. The number of phenolic OH excluding ortho intramolecular Hbond substituents is 1. The molecule has 0 amide bonds. The van der Waals surface area contributed by atoms with Gasteiger partial charge in [0.25, 0.3) is 0 Å². The molecule has 0 spiro atoms. The molecule has 0 bridgehead atoms. The second-order valence-corrected chi connectivity index (χ2v) is 6.30. The average Bonchev–Trinajstić information content (AvgIpc) is 2.38. The molecule has 0 radical (unpaired) electrons. The molecule has 0 aliphatic rings. The maximum atomic E-state index is 11.9. The van der Waals surface area contributed by atoms with Gasteiger partial charge in [-0.15, -0.1) is 0 Å². The second kappa shape index (κ2) is 8.21. The van der Waals surface area contributed by atoms with Gasteiger partial charge in [-0.1, -0.05) is 12.1 Å². The molecular weight excluding hydrogens is 282 g/mol. The van der Waals surface area contributed by atoms with E-state index < -0.39 is 16.1 Å². The van der Waals surface area contributed by atoms with Crippen LogP contribution >= 0.6 is 0 Å². The molecule has 0 saturated heterocycles. The van der Waals surface area contributed by atoms with Crippen molar-refractivity contribution in [3.63, 3.8) is 0 Å². The largest absolute Gasteiger partial charge is 0.508 e. The molecule has 1 rings (SSSR count). The number of hydrogen-bond donors (Lipinski definition) is 2. The van der Waals surface area contributed by atoms with Crippen molar-refractivity contribution in [3.8, 4) is 5.75 Å². The lowest BCUT2D eigenvalue weighted by molar-refractivity contribution is -0.0298. The summed E-state index contributed by atoms with van der Waals surface area (Å²) in [7, 11) is -1.87. The van der Waals surface area contributed by atoms with Crippen molar-refractivity contribution in [1.82, 2.24) is 4.72 Å². The molecule has 6 nitrogen and oxygen atoms in total. The molecule has 0 saturated carbocycles. The minimum atomic E-state index is -3.38. The number of aromatic hydroxyl groups is 1. The van der Waals surface area contributed by atoms with Gasteiger partial charge in [0.2, 0.25) is 10.0 Å². The third kappa shape index (κ3) is 6.33. The number of ether oxygens (including phenoxy) is 2. The van der Waals surface area contributed by atoms with Crippen LogP contribution in [0.4, 0.5) is 0 Å². The number of benzene rings is 1. The molecule has 1 aromatic carbocycles. The van der Waals surface area contributed by atoms with E-state index >= 15 is 0 Å². The Bertz CT molecular complexity index is 503. The fourth-order valence-corrected chi connectivity index (χ4v) is 2.97. The quantitative estimate of drug-likeness (QED) is 0.532. The lowest BCUT2D eigenvalue weighted by atomic mass is 10.1. The normalized spacial score (nSPS) is 13.3. The van der Waals surface area contributed by atoms with E-state index in [0.29, 0.717) is 18.6 Å². The van der Waals surface area contributed by atoms with Crippen LogP contribution in [-0.2, 0) is 19.5 Å². The van der Waals surface area contributed by atoms with Crippen LogP contribution in [0.25, 0.3) is 0 Å². The summed E-state index contributed by atoms with van der Waals surface area (Å²) >= 11 is 0.